The molecule has 0 saturated heterocycles. The quantitative estimate of drug-likeness (QED) is 0.786. The van der Waals surface area contributed by atoms with Gasteiger partial charge in [-0.05, 0) is 30.0 Å². The third kappa shape index (κ3) is 3.37. The fourth-order valence-electron chi connectivity index (χ4n) is 1.78. The molecule has 1 aromatic carbocycles. The maximum atomic E-state index is 13.8. The van der Waals surface area contributed by atoms with Crippen LogP contribution >= 0.6 is 27.3 Å². The van der Waals surface area contributed by atoms with Crippen molar-refractivity contribution < 1.29 is 13.5 Å². The highest BCUT2D eigenvalue weighted by Gasteiger charge is 2.24. The van der Waals surface area contributed by atoms with Crippen LogP contribution in [0.4, 0.5) is 8.78 Å². The second-order valence-corrected chi connectivity index (χ2v) is 6.22. The number of ether oxygens (including phenoxy) is 1. The Kier molecular flexibility index (Phi) is 5.12. The van der Waals surface area contributed by atoms with Gasteiger partial charge in [-0.1, -0.05) is 28.9 Å². The van der Waals surface area contributed by atoms with Gasteiger partial charge in [-0.3, -0.25) is 0 Å². The average molecular weight is 362 g/mol. The van der Waals surface area contributed by atoms with Crippen LogP contribution in [0.5, 0.6) is 5.75 Å². The molecule has 20 heavy (non-hydrogen) atoms. The molecule has 0 amide bonds. The summed E-state index contributed by atoms with van der Waals surface area (Å²) in [5, 5.41) is 1.89. The van der Waals surface area contributed by atoms with E-state index in [4.69, 9.17) is 10.5 Å². The summed E-state index contributed by atoms with van der Waals surface area (Å²) in [6.45, 7) is 1.92. The second kappa shape index (κ2) is 6.65. The lowest BCUT2D eigenvalue weighted by molar-refractivity contribution is 0.165. The first-order valence-electron chi connectivity index (χ1n) is 6.13. The molecular formula is C14H14BrF2NOS. The molecule has 0 aliphatic heterocycles. The molecule has 0 saturated carbocycles. The van der Waals surface area contributed by atoms with Crippen LogP contribution in [0.1, 0.15) is 24.3 Å². The van der Waals surface area contributed by atoms with E-state index in [0.29, 0.717) is 10.9 Å². The van der Waals surface area contributed by atoms with Gasteiger partial charge in [-0.25, -0.2) is 4.39 Å². The molecule has 2 aromatic rings. The maximum absolute atomic E-state index is 13.8. The van der Waals surface area contributed by atoms with Crippen molar-refractivity contribution in [2.75, 3.05) is 0 Å². The van der Waals surface area contributed by atoms with Crippen molar-refractivity contribution in [2.24, 2.45) is 5.73 Å². The van der Waals surface area contributed by atoms with Crippen LogP contribution in [0.3, 0.4) is 0 Å². The highest BCUT2D eigenvalue weighted by Crippen LogP contribution is 2.32. The van der Waals surface area contributed by atoms with Crippen LogP contribution in [0.2, 0.25) is 0 Å². The van der Waals surface area contributed by atoms with Crippen LogP contribution < -0.4 is 10.5 Å². The van der Waals surface area contributed by atoms with Gasteiger partial charge >= 0.3 is 0 Å². The Morgan fingerprint density at radius 3 is 2.75 bits per heavy atom. The zero-order valence-corrected chi connectivity index (χ0v) is 13.2. The Bertz CT molecular complexity index is 577. The second-order valence-electron chi connectivity index (χ2n) is 4.33. The van der Waals surface area contributed by atoms with E-state index >= 15 is 0 Å². The third-order valence-electron chi connectivity index (χ3n) is 2.90. The van der Waals surface area contributed by atoms with Crippen molar-refractivity contribution in [1.82, 2.24) is 0 Å². The van der Waals surface area contributed by atoms with Gasteiger partial charge in [0.2, 0.25) is 5.82 Å². The van der Waals surface area contributed by atoms with Gasteiger partial charge in [-0.2, -0.15) is 4.39 Å². The minimum absolute atomic E-state index is 0.140. The van der Waals surface area contributed by atoms with E-state index in [1.165, 1.54) is 17.4 Å². The molecular weight excluding hydrogens is 348 g/mol. The first kappa shape index (κ1) is 15.4. The van der Waals surface area contributed by atoms with Gasteiger partial charge in [0.1, 0.15) is 6.10 Å². The molecule has 0 aliphatic carbocycles. The Morgan fingerprint density at radius 2 is 2.15 bits per heavy atom. The first-order chi connectivity index (χ1) is 9.52. The molecule has 0 spiro atoms. The summed E-state index contributed by atoms with van der Waals surface area (Å²) >= 11 is 4.60. The normalized spacial score (nSPS) is 14.1. The number of halogens is 3. The fraction of sp³-hybridized carbons (Fsp3) is 0.286. The van der Waals surface area contributed by atoms with Crippen molar-refractivity contribution in [1.29, 1.82) is 0 Å². The zero-order valence-electron chi connectivity index (χ0n) is 10.8. The van der Waals surface area contributed by atoms with E-state index in [1.807, 2.05) is 24.4 Å². The summed E-state index contributed by atoms with van der Waals surface area (Å²) in [7, 11) is 0. The third-order valence-corrected chi connectivity index (χ3v) is 4.29. The Hall–Kier alpha value is -0.980. The predicted molar refractivity (Wildman–Crippen MR) is 80.0 cm³/mol. The van der Waals surface area contributed by atoms with Crippen LogP contribution in [0, 0.1) is 11.6 Å². The molecule has 1 aromatic heterocycles. The van der Waals surface area contributed by atoms with Crippen LogP contribution in [-0.2, 0) is 0 Å². The van der Waals surface area contributed by atoms with E-state index in [0.717, 1.165) is 10.9 Å². The van der Waals surface area contributed by atoms with Gasteiger partial charge in [0.05, 0.1) is 0 Å². The highest BCUT2D eigenvalue weighted by atomic mass is 79.9. The van der Waals surface area contributed by atoms with E-state index in [9.17, 15) is 8.78 Å². The molecule has 0 bridgehead atoms. The summed E-state index contributed by atoms with van der Waals surface area (Å²) in [5.41, 5.74) is 6.04. The van der Waals surface area contributed by atoms with E-state index in [2.05, 4.69) is 15.9 Å². The highest BCUT2D eigenvalue weighted by molar-refractivity contribution is 9.10. The summed E-state index contributed by atoms with van der Waals surface area (Å²) in [6, 6.07) is 5.91. The van der Waals surface area contributed by atoms with Gasteiger partial charge in [0.25, 0.3) is 0 Å². The monoisotopic (exact) mass is 361 g/mol. The molecule has 1 heterocycles. The van der Waals surface area contributed by atoms with E-state index in [-0.39, 0.29) is 11.8 Å². The molecule has 0 radical (unpaired) electrons. The minimum Gasteiger partial charge on any atom is -0.480 e. The minimum atomic E-state index is -1.00. The Morgan fingerprint density at radius 1 is 1.40 bits per heavy atom. The standard InChI is InChI=1S/C14H14BrF2NOS/c1-2-10(18)14(12-4-3-5-20-12)19-11-7-8(15)6-9(16)13(11)17/h3-7,10,14H,2,18H2,1H3. The number of benzene rings is 1. The smallest absolute Gasteiger partial charge is 0.200 e. The Balaban J connectivity index is 2.33. The molecule has 6 heteroatoms. The van der Waals surface area contributed by atoms with Crippen molar-refractivity contribution in [3.63, 3.8) is 0 Å². The molecule has 2 unspecified atom stereocenters. The van der Waals surface area contributed by atoms with Crippen molar-refractivity contribution in [2.45, 2.75) is 25.5 Å². The summed E-state index contributed by atoms with van der Waals surface area (Å²) in [5.74, 6) is -2.10. The van der Waals surface area contributed by atoms with Crippen molar-refractivity contribution in [3.05, 3.63) is 50.6 Å². The molecule has 2 nitrogen and oxygen atoms in total. The number of thiophene rings is 1. The lowest BCUT2D eigenvalue weighted by atomic mass is 10.1. The number of nitrogens with two attached hydrogens (primary N) is 1. The van der Waals surface area contributed by atoms with E-state index < -0.39 is 17.7 Å². The lowest BCUT2D eigenvalue weighted by Crippen LogP contribution is -2.31. The lowest BCUT2D eigenvalue weighted by Gasteiger charge is -2.23. The van der Waals surface area contributed by atoms with Gasteiger partial charge in [0, 0.05) is 15.4 Å². The first-order valence-corrected chi connectivity index (χ1v) is 7.80. The van der Waals surface area contributed by atoms with Gasteiger partial charge < -0.3 is 10.5 Å². The number of hydrogen-bond acceptors (Lipinski definition) is 3. The number of hydrogen-bond donors (Lipinski definition) is 1. The zero-order chi connectivity index (χ0) is 14.7. The SMILES string of the molecule is CCC(N)C(Oc1cc(Br)cc(F)c1F)c1cccs1. The fourth-order valence-corrected chi connectivity index (χ4v) is 3.02. The van der Waals surface area contributed by atoms with Crippen LogP contribution in [0.15, 0.2) is 34.1 Å². The van der Waals surface area contributed by atoms with E-state index in [1.54, 1.807) is 0 Å². The topological polar surface area (TPSA) is 35.2 Å². The van der Waals surface area contributed by atoms with Gasteiger partial charge in [-0.15, -0.1) is 11.3 Å². The van der Waals surface area contributed by atoms with Crippen LogP contribution in [-0.4, -0.2) is 6.04 Å². The van der Waals surface area contributed by atoms with Crippen LogP contribution in [0.25, 0.3) is 0 Å². The molecule has 0 aliphatic rings. The molecule has 0 fully saturated rings. The maximum Gasteiger partial charge on any atom is 0.200 e. The largest absolute Gasteiger partial charge is 0.480 e. The molecule has 2 rings (SSSR count). The Labute approximate surface area is 128 Å². The summed E-state index contributed by atoms with van der Waals surface area (Å²) < 4.78 is 33.3. The predicted octanol–water partition coefficient (Wildman–Crippen LogP) is 4.65. The van der Waals surface area contributed by atoms with Crippen molar-refractivity contribution in [3.8, 4) is 5.75 Å². The average Bonchev–Trinajstić information content (AvgIpc) is 2.94. The summed E-state index contributed by atoms with van der Waals surface area (Å²) in [6.07, 6.45) is 0.170. The molecule has 108 valence electrons. The van der Waals surface area contributed by atoms with Crippen molar-refractivity contribution >= 4 is 27.3 Å². The molecule has 2 N–H and O–H groups in total. The number of rotatable bonds is 5. The summed E-state index contributed by atoms with van der Waals surface area (Å²) in [4.78, 5) is 0.888. The van der Waals surface area contributed by atoms with Gasteiger partial charge in [0.15, 0.2) is 11.6 Å². The molecule has 2 atom stereocenters.